The maximum atomic E-state index is 12.5. The first-order valence-corrected chi connectivity index (χ1v) is 9.63. The maximum absolute atomic E-state index is 12.5. The van der Waals surface area contributed by atoms with Crippen molar-refractivity contribution in [3.05, 3.63) is 59.7 Å². The lowest BCUT2D eigenvalue weighted by Gasteiger charge is -2.13. The molecule has 0 radical (unpaired) electrons. The predicted molar refractivity (Wildman–Crippen MR) is 93.0 cm³/mol. The zero-order valence-corrected chi connectivity index (χ0v) is 14.9. The monoisotopic (exact) mass is 383 g/mol. The van der Waals surface area contributed by atoms with Crippen LogP contribution in [-0.2, 0) is 16.4 Å². The van der Waals surface area contributed by atoms with Gasteiger partial charge in [0.2, 0.25) is 0 Å². The molecule has 0 unspecified atom stereocenters. The van der Waals surface area contributed by atoms with Crippen molar-refractivity contribution in [1.29, 1.82) is 0 Å². The van der Waals surface area contributed by atoms with Crippen LogP contribution in [0.1, 0.15) is 29.3 Å². The summed E-state index contributed by atoms with van der Waals surface area (Å²) >= 11 is 0. The Morgan fingerprint density at radius 2 is 1.77 bits per heavy atom. The minimum Gasteiger partial charge on any atom is -0.434 e. The summed E-state index contributed by atoms with van der Waals surface area (Å²) in [5.41, 5.74) is 0.378. The van der Waals surface area contributed by atoms with Gasteiger partial charge in [0.1, 0.15) is 5.75 Å². The second-order valence-electron chi connectivity index (χ2n) is 5.48. The van der Waals surface area contributed by atoms with Gasteiger partial charge in [-0.25, -0.2) is 8.42 Å². The number of nitrogens with one attached hydrogen (secondary N) is 1. The SMILES string of the molecule is CCCS(=O)(=O)c1ccccc1C(=O)NCc1ccccc1OC(F)F. The number of sulfone groups is 1. The molecule has 2 aromatic rings. The smallest absolute Gasteiger partial charge is 0.387 e. The van der Waals surface area contributed by atoms with Crippen LogP contribution in [0.3, 0.4) is 0 Å². The largest absolute Gasteiger partial charge is 0.434 e. The van der Waals surface area contributed by atoms with E-state index < -0.39 is 22.4 Å². The topological polar surface area (TPSA) is 72.5 Å². The molecule has 140 valence electrons. The van der Waals surface area contributed by atoms with Gasteiger partial charge in [0, 0.05) is 12.1 Å². The molecule has 0 saturated carbocycles. The van der Waals surface area contributed by atoms with Crippen molar-refractivity contribution in [2.24, 2.45) is 0 Å². The van der Waals surface area contributed by atoms with Gasteiger partial charge in [0.25, 0.3) is 5.91 Å². The molecule has 0 aromatic heterocycles. The number of para-hydroxylation sites is 1. The molecule has 5 nitrogen and oxygen atoms in total. The zero-order chi connectivity index (χ0) is 19.2. The van der Waals surface area contributed by atoms with E-state index in [9.17, 15) is 22.0 Å². The van der Waals surface area contributed by atoms with Crippen LogP contribution in [0.4, 0.5) is 8.78 Å². The first-order chi connectivity index (χ1) is 12.3. The van der Waals surface area contributed by atoms with Crippen LogP contribution in [0, 0.1) is 0 Å². The number of carbonyl (C=O) groups is 1. The van der Waals surface area contributed by atoms with E-state index >= 15 is 0 Å². The lowest BCUT2D eigenvalue weighted by atomic mass is 10.1. The van der Waals surface area contributed by atoms with Crippen LogP contribution in [0.2, 0.25) is 0 Å². The Morgan fingerprint density at radius 1 is 1.12 bits per heavy atom. The Morgan fingerprint density at radius 3 is 2.46 bits per heavy atom. The molecule has 0 saturated heterocycles. The third-order valence-corrected chi connectivity index (χ3v) is 5.54. The molecule has 2 rings (SSSR count). The van der Waals surface area contributed by atoms with Crippen molar-refractivity contribution >= 4 is 15.7 Å². The summed E-state index contributed by atoms with van der Waals surface area (Å²) < 4.78 is 53.9. The van der Waals surface area contributed by atoms with Gasteiger partial charge in [-0.05, 0) is 24.6 Å². The number of ether oxygens (including phenoxy) is 1. The van der Waals surface area contributed by atoms with E-state index in [1.165, 1.54) is 30.3 Å². The lowest BCUT2D eigenvalue weighted by Crippen LogP contribution is -2.25. The summed E-state index contributed by atoms with van der Waals surface area (Å²) in [4.78, 5) is 12.4. The van der Waals surface area contributed by atoms with Crippen molar-refractivity contribution in [2.75, 3.05) is 5.75 Å². The highest BCUT2D eigenvalue weighted by molar-refractivity contribution is 7.91. The Balaban J connectivity index is 2.20. The number of amides is 1. The Kier molecular flexibility index (Phi) is 6.68. The maximum Gasteiger partial charge on any atom is 0.387 e. The normalized spacial score (nSPS) is 11.4. The van der Waals surface area contributed by atoms with Crippen molar-refractivity contribution in [3.8, 4) is 5.75 Å². The average Bonchev–Trinajstić information content (AvgIpc) is 2.60. The van der Waals surface area contributed by atoms with E-state index in [-0.39, 0.29) is 28.5 Å². The molecular formula is C18H19F2NO4S. The average molecular weight is 383 g/mol. The predicted octanol–water partition coefficient (Wildman–Crippen LogP) is 3.40. The van der Waals surface area contributed by atoms with E-state index in [4.69, 9.17) is 0 Å². The standard InChI is InChI=1S/C18H19F2NO4S/c1-2-11-26(23,24)16-10-6-4-8-14(16)17(22)21-12-13-7-3-5-9-15(13)25-18(19)20/h3-10,18H,2,11-12H2,1H3,(H,21,22). The van der Waals surface area contributed by atoms with Crippen molar-refractivity contribution < 1.29 is 26.7 Å². The van der Waals surface area contributed by atoms with Gasteiger partial charge in [-0.15, -0.1) is 0 Å². The summed E-state index contributed by atoms with van der Waals surface area (Å²) in [7, 11) is -3.58. The van der Waals surface area contributed by atoms with Gasteiger partial charge in [0.15, 0.2) is 9.84 Å². The molecule has 0 aliphatic heterocycles. The second kappa shape index (κ2) is 8.75. The molecule has 0 aliphatic carbocycles. The molecule has 26 heavy (non-hydrogen) atoms. The molecule has 0 fully saturated rings. The highest BCUT2D eigenvalue weighted by atomic mass is 32.2. The Hall–Kier alpha value is -2.48. The van der Waals surface area contributed by atoms with Gasteiger partial charge >= 0.3 is 6.61 Å². The third-order valence-electron chi connectivity index (χ3n) is 3.57. The third kappa shape index (κ3) is 5.01. The molecule has 0 aliphatic rings. The number of carbonyl (C=O) groups excluding carboxylic acids is 1. The van der Waals surface area contributed by atoms with E-state index in [0.717, 1.165) is 0 Å². The van der Waals surface area contributed by atoms with Crippen LogP contribution in [0.25, 0.3) is 0 Å². The number of hydrogen-bond donors (Lipinski definition) is 1. The van der Waals surface area contributed by atoms with Crippen LogP contribution in [0.15, 0.2) is 53.4 Å². The van der Waals surface area contributed by atoms with E-state index in [1.807, 2.05) is 0 Å². The van der Waals surface area contributed by atoms with Crippen molar-refractivity contribution in [3.63, 3.8) is 0 Å². The van der Waals surface area contributed by atoms with Crippen molar-refractivity contribution in [1.82, 2.24) is 5.32 Å². The van der Waals surface area contributed by atoms with E-state index in [1.54, 1.807) is 25.1 Å². The lowest BCUT2D eigenvalue weighted by molar-refractivity contribution is -0.0504. The zero-order valence-electron chi connectivity index (χ0n) is 14.1. The quantitative estimate of drug-likeness (QED) is 0.758. The molecule has 1 amide bonds. The summed E-state index contributed by atoms with van der Waals surface area (Å²) in [5.74, 6) is -0.718. The fourth-order valence-corrected chi connectivity index (χ4v) is 3.97. The van der Waals surface area contributed by atoms with Gasteiger partial charge in [-0.3, -0.25) is 4.79 Å². The molecule has 2 aromatic carbocycles. The summed E-state index contributed by atoms with van der Waals surface area (Å²) in [5, 5.41) is 2.56. The molecular weight excluding hydrogens is 364 g/mol. The molecule has 0 spiro atoms. The molecule has 0 heterocycles. The Bertz CT molecular complexity index is 869. The first-order valence-electron chi connectivity index (χ1n) is 7.98. The van der Waals surface area contributed by atoms with Gasteiger partial charge in [-0.1, -0.05) is 37.3 Å². The number of alkyl halides is 2. The summed E-state index contributed by atoms with van der Waals surface area (Å²) in [6.45, 7) is -1.32. The van der Waals surface area contributed by atoms with Crippen LogP contribution >= 0.6 is 0 Å². The minimum absolute atomic E-state index is 0.0215. The van der Waals surface area contributed by atoms with Gasteiger partial charge in [-0.2, -0.15) is 8.78 Å². The summed E-state index contributed by atoms with van der Waals surface area (Å²) in [6, 6.07) is 12.0. The first kappa shape index (κ1) is 19.8. The number of rotatable bonds is 8. The van der Waals surface area contributed by atoms with E-state index in [0.29, 0.717) is 12.0 Å². The van der Waals surface area contributed by atoms with Gasteiger partial charge < -0.3 is 10.1 Å². The number of halogens is 2. The molecule has 0 atom stereocenters. The van der Waals surface area contributed by atoms with E-state index in [2.05, 4.69) is 10.1 Å². The second-order valence-corrected chi connectivity index (χ2v) is 7.56. The highest BCUT2D eigenvalue weighted by Gasteiger charge is 2.21. The molecule has 0 bridgehead atoms. The number of hydrogen-bond acceptors (Lipinski definition) is 4. The van der Waals surface area contributed by atoms with Crippen LogP contribution < -0.4 is 10.1 Å². The van der Waals surface area contributed by atoms with Gasteiger partial charge in [0.05, 0.1) is 16.2 Å². The highest BCUT2D eigenvalue weighted by Crippen LogP contribution is 2.21. The van der Waals surface area contributed by atoms with Crippen LogP contribution in [0.5, 0.6) is 5.75 Å². The molecule has 1 N–H and O–H groups in total. The van der Waals surface area contributed by atoms with Crippen molar-refractivity contribution in [2.45, 2.75) is 31.4 Å². The fraction of sp³-hybridized carbons (Fsp3) is 0.278. The fourth-order valence-electron chi connectivity index (χ4n) is 2.44. The summed E-state index contributed by atoms with van der Waals surface area (Å²) in [6.07, 6.45) is 0.427. The van der Waals surface area contributed by atoms with Crippen LogP contribution in [-0.4, -0.2) is 26.7 Å². The minimum atomic E-state index is -3.58. The molecule has 8 heteroatoms. The Labute approximate surface area is 150 Å². The number of benzene rings is 2.